The van der Waals surface area contributed by atoms with Gasteiger partial charge < -0.3 is 5.32 Å². The van der Waals surface area contributed by atoms with Crippen LogP contribution in [0.25, 0.3) is 0 Å². The lowest BCUT2D eigenvalue weighted by atomic mass is 9.75. The topological polar surface area (TPSA) is 12.0 Å². The molecule has 0 heterocycles. The zero-order valence-electron chi connectivity index (χ0n) is 15.5. The highest BCUT2D eigenvalue weighted by molar-refractivity contribution is 6.30. The van der Waals surface area contributed by atoms with Crippen molar-refractivity contribution in [2.24, 2.45) is 11.3 Å². The van der Waals surface area contributed by atoms with Crippen LogP contribution in [0.2, 0.25) is 5.02 Å². The summed E-state index contributed by atoms with van der Waals surface area (Å²) in [5.41, 5.74) is 2.50. The number of benzene rings is 1. The van der Waals surface area contributed by atoms with Gasteiger partial charge in [0.15, 0.2) is 0 Å². The summed E-state index contributed by atoms with van der Waals surface area (Å²) in [5.74, 6) is 0.120. The Labute approximate surface area is 151 Å². The molecule has 134 valence electrons. The first-order valence-electron chi connectivity index (χ1n) is 9.06. The SMILES string of the molecule is C=C(C(C)C)[C@H](CNC1CCCC(C)(C)C1)c1ccc(Cl)c(F)c1. The van der Waals surface area contributed by atoms with E-state index in [-0.39, 0.29) is 16.8 Å². The summed E-state index contributed by atoms with van der Waals surface area (Å²) in [7, 11) is 0. The number of nitrogens with one attached hydrogen (secondary N) is 1. The molecule has 0 aliphatic heterocycles. The number of halogens is 2. The number of hydrogen-bond donors (Lipinski definition) is 1. The highest BCUT2D eigenvalue weighted by atomic mass is 35.5. The van der Waals surface area contributed by atoms with Gasteiger partial charge in [0.2, 0.25) is 0 Å². The van der Waals surface area contributed by atoms with E-state index < -0.39 is 0 Å². The fourth-order valence-corrected chi connectivity index (χ4v) is 3.87. The first kappa shape index (κ1) is 19.5. The molecule has 1 aliphatic carbocycles. The molecule has 1 N–H and O–H groups in total. The van der Waals surface area contributed by atoms with Crippen LogP contribution in [-0.2, 0) is 0 Å². The molecule has 1 aliphatic rings. The van der Waals surface area contributed by atoms with Gasteiger partial charge in [-0.2, -0.15) is 0 Å². The molecular formula is C21H31ClFN. The molecule has 1 nitrogen and oxygen atoms in total. The summed E-state index contributed by atoms with van der Waals surface area (Å²) in [5, 5.41) is 3.90. The van der Waals surface area contributed by atoms with Crippen molar-refractivity contribution in [1.82, 2.24) is 5.32 Å². The van der Waals surface area contributed by atoms with Gasteiger partial charge in [-0.05, 0) is 48.3 Å². The second-order valence-corrected chi connectivity index (χ2v) is 8.73. The molecule has 24 heavy (non-hydrogen) atoms. The number of rotatable bonds is 6. The highest BCUT2D eigenvalue weighted by Gasteiger charge is 2.28. The van der Waals surface area contributed by atoms with E-state index in [2.05, 4.69) is 39.6 Å². The third-order valence-corrected chi connectivity index (χ3v) is 5.66. The molecule has 1 aromatic carbocycles. The van der Waals surface area contributed by atoms with Crippen LogP contribution >= 0.6 is 11.6 Å². The normalized spacial score (nSPS) is 21.7. The van der Waals surface area contributed by atoms with Crippen molar-refractivity contribution in [3.8, 4) is 0 Å². The Hall–Kier alpha value is -0.860. The molecule has 1 saturated carbocycles. The van der Waals surface area contributed by atoms with Crippen LogP contribution in [0.5, 0.6) is 0 Å². The molecule has 1 unspecified atom stereocenters. The zero-order valence-corrected chi connectivity index (χ0v) is 16.2. The van der Waals surface area contributed by atoms with Crippen LogP contribution in [0.4, 0.5) is 4.39 Å². The third-order valence-electron chi connectivity index (χ3n) is 5.35. The monoisotopic (exact) mass is 351 g/mol. The van der Waals surface area contributed by atoms with Crippen LogP contribution in [-0.4, -0.2) is 12.6 Å². The Kier molecular flexibility index (Phi) is 6.50. The largest absolute Gasteiger partial charge is 0.313 e. The number of hydrogen-bond acceptors (Lipinski definition) is 1. The van der Waals surface area contributed by atoms with Crippen LogP contribution < -0.4 is 5.32 Å². The summed E-state index contributed by atoms with van der Waals surface area (Å²) in [6, 6.07) is 5.67. The van der Waals surface area contributed by atoms with Crippen molar-refractivity contribution in [3.63, 3.8) is 0 Å². The van der Waals surface area contributed by atoms with Crippen molar-refractivity contribution >= 4 is 11.6 Å². The molecule has 0 bridgehead atoms. The van der Waals surface area contributed by atoms with Crippen molar-refractivity contribution in [2.75, 3.05) is 6.54 Å². The third kappa shape index (κ3) is 5.07. The highest BCUT2D eigenvalue weighted by Crippen LogP contribution is 2.36. The minimum atomic E-state index is -0.352. The van der Waals surface area contributed by atoms with Crippen molar-refractivity contribution in [2.45, 2.75) is 65.3 Å². The molecule has 0 amide bonds. The fraction of sp³-hybridized carbons (Fsp3) is 0.619. The minimum absolute atomic E-state index is 0.113. The molecule has 0 radical (unpaired) electrons. The van der Waals surface area contributed by atoms with E-state index in [1.807, 2.05) is 6.07 Å². The van der Waals surface area contributed by atoms with Gasteiger partial charge in [0.05, 0.1) is 5.02 Å². The Balaban J connectivity index is 2.12. The average molecular weight is 352 g/mol. The Morgan fingerprint density at radius 3 is 2.71 bits per heavy atom. The van der Waals surface area contributed by atoms with E-state index in [0.29, 0.717) is 17.4 Å². The summed E-state index contributed by atoms with van der Waals surface area (Å²) in [6.07, 6.45) is 4.99. The molecule has 2 rings (SSSR count). The predicted octanol–water partition coefficient (Wildman–Crippen LogP) is 6.33. The predicted molar refractivity (Wildman–Crippen MR) is 102 cm³/mol. The lowest BCUT2D eigenvalue weighted by Crippen LogP contribution is -2.39. The standard InChI is InChI=1S/C21H31ClFN/c1-14(2)15(3)18(16-8-9-19(22)20(23)11-16)13-24-17-7-6-10-21(4,5)12-17/h8-9,11,14,17-18,24H,3,6-7,10,12-13H2,1-2,4-5H3/t17?,18-/m0/s1. The van der Waals surface area contributed by atoms with E-state index in [1.165, 1.54) is 25.7 Å². The van der Waals surface area contributed by atoms with Gasteiger partial charge in [0, 0.05) is 18.5 Å². The van der Waals surface area contributed by atoms with E-state index in [9.17, 15) is 4.39 Å². The molecule has 0 spiro atoms. The van der Waals surface area contributed by atoms with Crippen LogP contribution in [0.15, 0.2) is 30.4 Å². The van der Waals surface area contributed by atoms with E-state index in [1.54, 1.807) is 12.1 Å². The second-order valence-electron chi connectivity index (χ2n) is 8.32. The summed E-state index contributed by atoms with van der Waals surface area (Å²) < 4.78 is 13.9. The first-order chi connectivity index (χ1) is 11.2. The Bertz CT molecular complexity index is 579. The molecular weight excluding hydrogens is 321 g/mol. The summed E-state index contributed by atoms with van der Waals surface area (Å²) in [4.78, 5) is 0. The molecule has 0 saturated heterocycles. The fourth-order valence-electron chi connectivity index (χ4n) is 3.75. The average Bonchev–Trinajstić information content (AvgIpc) is 2.49. The van der Waals surface area contributed by atoms with E-state index >= 15 is 0 Å². The molecule has 2 atom stereocenters. The van der Waals surface area contributed by atoms with Crippen molar-refractivity contribution < 1.29 is 4.39 Å². The molecule has 3 heteroatoms. The lowest BCUT2D eigenvalue weighted by molar-refractivity contribution is 0.198. The summed E-state index contributed by atoms with van der Waals surface area (Å²) in [6.45, 7) is 14.1. The first-order valence-corrected chi connectivity index (χ1v) is 9.44. The maximum atomic E-state index is 13.9. The molecule has 1 fully saturated rings. The van der Waals surface area contributed by atoms with Gasteiger partial charge in [-0.25, -0.2) is 4.39 Å². The van der Waals surface area contributed by atoms with Crippen molar-refractivity contribution in [3.05, 3.63) is 46.8 Å². The van der Waals surface area contributed by atoms with Gasteiger partial charge in [-0.3, -0.25) is 0 Å². The quantitative estimate of drug-likeness (QED) is 0.590. The van der Waals surface area contributed by atoms with Gasteiger partial charge in [0.1, 0.15) is 5.82 Å². The van der Waals surface area contributed by atoms with Crippen LogP contribution in [0, 0.1) is 17.2 Å². The lowest BCUT2D eigenvalue weighted by Gasteiger charge is -2.36. The van der Waals surface area contributed by atoms with Crippen LogP contribution in [0.1, 0.15) is 64.9 Å². The maximum absolute atomic E-state index is 13.9. The minimum Gasteiger partial charge on any atom is -0.313 e. The van der Waals surface area contributed by atoms with Gasteiger partial charge in [0.25, 0.3) is 0 Å². The Morgan fingerprint density at radius 2 is 2.12 bits per heavy atom. The van der Waals surface area contributed by atoms with Gasteiger partial charge in [-0.15, -0.1) is 0 Å². The van der Waals surface area contributed by atoms with Gasteiger partial charge in [-0.1, -0.05) is 63.9 Å². The zero-order chi connectivity index (χ0) is 17.9. The van der Waals surface area contributed by atoms with E-state index in [0.717, 1.165) is 17.7 Å². The maximum Gasteiger partial charge on any atom is 0.142 e. The second kappa shape index (κ2) is 8.01. The van der Waals surface area contributed by atoms with E-state index in [4.69, 9.17) is 11.6 Å². The molecule has 0 aromatic heterocycles. The van der Waals surface area contributed by atoms with Crippen molar-refractivity contribution in [1.29, 1.82) is 0 Å². The Morgan fingerprint density at radius 1 is 1.42 bits per heavy atom. The van der Waals surface area contributed by atoms with Gasteiger partial charge >= 0.3 is 0 Å². The molecule has 1 aromatic rings. The van der Waals surface area contributed by atoms with Crippen LogP contribution in [0.3, 0.4) is 0 Å². The smallest absolute Gasteiger partial charge is 0.142 e. The summed E-state index contributed by atoms with van der Waals surface area (Å²) >= 11 is 5.84.